The van der Waals surface area contributed by atoms with Crippen LogP contribution in [0.25, 0.3) is 11.5 Å². The number of hydrogen-bond acceptors (Lipinski definition) is 5. The molecule has 0 unspecified atom stereocenters. The first-order chi connectivity index (χ1) is 8.24. The van der Waals surface area contributed by atoms with E-state index in [4.69, 9.17) is 14.9 Å². The van der Waals surface area contributed by atoms with E-state index < -0.39 is 5.82 Å². The van der Waals surface area contributed by atoms with Crippen LogP contribution in [0.15, 0.2) is 22.6 Å². The summed E-state index contributed by atoms with van der Waals surface area (Å²) in [6.45, 7) is 0.439. The summed E-state index contributed by atoms with van der Waals surface area (Å²) in [5, 5.41) is 7.69. The van der Waals surface area contributed by atoms with E-state index in [2.05, 4.69) is 10.2 Å². The van der Waals surface area contributed by atoms with Gasteiger partial charge in [0.25, 0.3) is 0 Å². The molecule has 0 saturated heterocycles. The van der Waals surface area contributed by atoms with Crippen LogP contribution >= 0.6 is 0 Å². The molecule has 0 amide bonds. The largest absolute Gasteiger partial charge is 0.494 e. The Morgan fingerprint density at radius 2 is 2.24 bits per heavy atom. The summed E-state index contributed by atoms with van der Waals surface area (Å²) >= 11 is 0. The second kappa shape index (κ2) is 4.92. The normalized spacial score (nSPS) is 10.5. The molecular formula is C11H12FN3O2. The molecule has 1 heterocycles. The van der Waals surface area contributed by atoms with Crippen LogP contribution in [0.1, 0.15) is 5.89 Å². The van der Waals surface area contributed by atoms with Gasteiger partial charge in [0.05, 0.1) is 7.11 Å². The maximum Gasteiger partial charge on any atom is 0.247 e. The van der Waals surface area contributed by atoms with E-state index >= 15 is 0 Å². The quantitative estimate of drug-likeness (QED) is 0.869. The zero-order valence-corrected chi connectivity index (χ0v) is 9.31. The number of rotatable bonds is 4. The number of benzene rings is 1. The summed E-state index contributed by atoms with van der Waals surface area (Å²) in [6, 6.07) is 4.35. The van der Waals surface area contributed by atoms with Crippen molar-refractivity contribution in [2.45, 2.75) is 6.42 Å². The minimum atomic E-state index is -0.432. The van der Waals surface area contributed by atoms with E-state index in [-0.39, 0.29) is 5.75 Å². The second-order valence-corrected chi connectivity index (χ2v) is 3.39. The molecule has 2 rings (SSSR count). The average molecular weight is 237 g/mol. The zero-order valence-electron chi connectivity index (χ0n) is 9.31. The summed E-state index contributed by atoms with van der Waals surface area (Å²) in [7, 11) is 1.40. The monoisotopic (exact) mass is 237 g/mol. The summed E-state index contributed by atoms with van der Waals surface area (Å²) in [4.78, 5) is 0. The van der Waals surface area contributed by atoms with Gasteiger partial charge < -0.3 is 14.9 Å². The van der Waals surface area contributed by atoms with Crippen molar-refractivity contribution in [2.75, 3.05) is 13.7 Å². The summed E-state index contributed by atoms with van der Waals surface area (Å²) in [5.74, 6) is 0.497. The minimum absolute atomic E-state index is 0.140. The molecule has 0 saturated carbocycles. The van der Waals surface area contributed by atoms with Crippen molar-refractivity contribution in [3.05, 3.63) is 29.9 Å². The topological polar surface area (TPSA) is 74.2 Å². The number of ether oxygens (including phenoxy) is 1. The van der Waals surface area contributed by atoms with Crippen LogP contribution < -0.4 is 10.5 Å². The lowest BCUT2D eigenvalue weighted by molar-refractivity contribution is 0.386. The van der Waals surface area contributed by atoms with E-state index in [0.717, 1.165) is 0 Å². The maximum atomic E-state index is 13.2. The molecule has 0 fully saturated rings. The van der Waals surface area contributed by atoms with Crippen molar-refractivity contribution in [1.82, 2.24) is 10.2 Å². The Bertz CT molecular complexity index is 513. The average Bonchev–Trinajstić information content (AvgIpc) is 2.79. The third-order valence-electron chi connectivity index (χ3n) is 2.22. The lowest BCUT2D eigenvalue weighted by Crippen LogP contribution is -2.02. The number of halogens is 1. The van der Waals surface area contributed by atoms with E-state index in [1.165, 1.54) is 19.2 Å². The number of methoxy groups -OCH3 is 1. The van der Waals surface area contributed by atoms with E-state index in [1.54, 1.807) is 6.07 Å². The highest BCUT2D eigenvalue weighted by molar-refractivity contribution is 5.55. The Hall–Kier alpha value is -1.95. The Kier molecular flexibility index (Phi) is 3.34. The molecule has 2 N–H and O–H groups in total. The van der Waals surface area contributed by atoms with Gasteiger partial charge in [-0.05, 0) is 18.2 Å². The van der Waals surface area contributed by atoms with Gasteiger partial charge in [-0.3, -0.25) is 0 Å². The Labute approximate surface area is 97.4 Å². The molecule has 0 bridgehead atoms. The molecule has 2 aromatic rings. The molecule has 0 aliphatic rings. The molecule has 0 aliphatic heterocycles. The second-order valence-electron chi connectivity index (χ2n) is 3.39. The Balaban J connectivity index is 2.32. The molecule has 90 valence electrons. The van der Waals surface area contributed by atoms with Gasteiger partial charge in [0, 0.05) is 18.5 Å². The molecular weight excluding hydrogens is 225 g/mol. The highest BCUT2D eigenvalue weighted by atomic mass is 19.1. The van der Waals surface area contributed by atoms with Crippen LogP contribution in [0.5, 0.6) is 5.75 Å². The van der Waals surface area contributed by atoms with Crippen LogP contribution in [-0.2, 0) is 6.42 Å². The first-order valence-corrected chi connectivity index (χ1v) is 5.11. The van der Waals surface area contributed by atoms with Gasteiger partial charge in [-0.15, -0.1) is 10.2 Å². The number of nitrogens with two attached hydrogens (primary N) is 1. The van der Waals surface area contributed by atoms with Crippen LogP contribution in [0.3, 0.4) is 0 Å². The lowest BCUT2D eigenvalue weighted by atomic mass is 10.2. The van der Waals surface area contributed by atoms with Crippen molar-refractivity contribution in [3.63, 3.8) is 0 Å². The van der Waals surface area contributed by atoms with E-state index in [9.17, 15) is 4.39 Å². The summed E-state index contributed by atoms with van der Waals surface area (Å²) in [5.41, 5.74) is 5.99. The van der Waals surface area contributed by atoms with Crippen molar-refractivity contribution < 1.29 is 13.5 Å². The molecule has 5 nitrogen and oxygen atoms in total. The fourth-order valence-electron chi connectivity index (χ4n) is 1.39. The van der Waals surface area contributed by atoms with Crippen LogP contribution in [0.4, 0.5) is 4.39 Å². The van der Waals surface area contributed by atoms with Crippen LogP contribution in [0, 0.1) is 5.82 Å². The fourth-order valence-corrected chi connectivity index (χ4v) is 1.39. The molecule has 0 radical (unpaired) electrons. The summed E-state index contributed by atoms with van der Waals surface area (Å²) < 4.78 is 23.4. The fraction of sp³-hybridized carbons (Fsp3) is 0.273. The van der Waals surface area contributed by atoms with Crippen molar-refractivity contribution in [2.24, 2.45) is 5.73 Å². The van der Waals surface area contributed by atoms with Crippen molar-refractivity contribution >= 4 is 0 Å². The predicted octanol–water partition coefficient (Wildman–Crippen LogP) is 1.39. The van der Waals surface area contributed by atoms with E-state index in [0.29, 0.717) is 30.3 Å². The molecule has 6 heteroatoms. The molecule has 17 heavy (non-hydrogen) atoms. The van der Waals surface area contributed by atoms with Gasteiger partial charge in [0.2, 0.25) is 11.8 Å². The van der Waals surface area contributed by atoms with E-state index in [1.807, 2.05) is 0 Å². The molecule has 1 aromatic carbocycles. The van der Waals surface area contributed by atoms with Crippen LogP contribution in [0.2, 0.25) is 0 Å². The van der Waals surface area contributed by atoms with Gasteiger partial charge in [0.15, 0.2) is 11.6 Å². The number of hydrogen-bond donors (Lipinski definition) is 1. The molecule has 0 spiro atoms. The first kappa shape index (κ1) is 11.5. The Morgan fingerprint density at radius 1 is 1.41 bits per heavy atom. The molecule has 0 aliphatic carbocycles. The smallest absolute Gasteiger partial charge is 0.247 e. The third-order valence-corrected chi connectivity index (χ3v) is 2.22. The predicted molar refractivity (Wildman–Crippen MR) is 59.0 cm³/mol. The molecule has 1 aromatic heterocycles. The number of aromatic nitrogens is 2. The lowest BCUT2D eigenvalue weighted by Gasteiger charge is -2.02. The highest BCUT2D eigenvalue weighted by Crippen LogP contribution is 2.25. The van der Waals surface area contributed by atoms with Gasteiger partial charge in [0.1, 0.15) is 0 Å². The maximum absolute atomic E-state index is 13.2. The summed E-state index contributed by atoms with van der Waals surface area (Å²) in [6.07, 6.45) is 0.519. The van der Waals surface area contributed by atoms with Gasteiger partial charge in [-0.1, -0.05) is 0 Å². The first-order valence-electron chi connectivity index (χ1n) is 5.11. The minimum Gasteiger partial charge on any atom is -0.494 e. The van der Waals surface area contributed by atoms with Gasteiger partial charge >= 0.3 is 0 Å². The van der Waals surface area contributed by atoms with Crippen molar-refractivity contribution in [1.29, 1.82) is 0 Å². The van der Waals surface area contributed by atoms with Crippen molar-refractivity contribution in [3.8, 4) is 17.2 Å². The Morgan fingerprint density at radius 3 is 2.94 bits per heavy atom. The molecule has 0 atom stereocenters. The third kappa shape index (κ3) is 2.42. The standard InChI is InChI=1S/C11H12FN3O2/c1-16-9-6-7(2-3-8(9)12)11-15-14-10(17-11)4-5-13/h2-3,6H,4-5,13H2,1H3. The SMILES string of the molecule is COc1cc(-c2nnc(CCN)o2)ccc1F. The highest BCUT2D eigenvalue weighted by Gasteiger charge is 2.11. The van der Waals surface area contributed by atoms with Gasteiger partial charge in [-0.25, -0.2) is 4.39 Å². The zero-order chi connectivity index (χ0) is 12.3. The number of nitrogens with zero attached hydrogens (tertiary/aromatic N) is 2. The van der Waals surface area contributed by atoms with Crippen LogP contribution in [-0.4, -0.2) is 23.9 Å². The van der Waals surface area contributed by atoms with Gasteiger partial charge in [-0.2, -0.15) is 0 Å².